The van der Waals surface area contributed by atoms with E-state index < -0.39 is 0 Å². The number of amides is 1. The van der Waals surface area contributed by atoms with Crippen LogP contribution in [-0.2, 0) is 0 Å². The van der Waals surface area contributed by atoms with Crippen molar-refractivity contribution in [2.24, 2.45) is 16.9 Å². The van der Waals surface area contributed by atoms with Crippen LogP contribution in [0.2, 0.25) is 5.02 Å². The summed E-state index contributed by atoms with van der Waals surface area (Å²) in [6, 6.07) is 6.95. The van der Waals surface area contributed by atoms with Crippen LogP contribution in [0.3, 0.4) is 0 Å². The first kappa shape index (κ1) is 14.6. The average Bonchev–Trinajstić information content (AvgIpc) is 2.52. The normalized spacial score (nSPS) is 27.2. The fourth-order valence-corrected chi connectivity index (χ4v) is 3.81. The van der Waals surface area contributed by atoms with Crippen molar-refractivity contribution in [1.29, 1.82) is 0 Å². The number of nitrogens with zero attached hydrogens (tertiary/aromatic N) is 1. The molecule has 2 fully saturated rings. The summed E-state index contributed by atoms with van der Waals surface area (Å²) in [5, 5.41) is 4.92. The lowest BCUT2D eigenvalue weighted by Crippen LogP contribution is -2.29. The van der Waals surface area contributed by atoms with Gasteiger partial charge in [0, 0.05) is 16.3 Å². The Morgan fingerprint density at radius 2 is 2.00 bits per heavy atom. The molecule has 4 heteroatoms. The summed E-state index contributed by atoms with van der Waals surface area (Å²) >= 11 is 5.90. The molecule has 1 N–H and O–H groups in total. The van der Waals surface area contributed by atoms with Crippen LogP contribution < -0.4 is 5.43 Å². The number of fused-ring (bicyclic) bond motifs is 1. The third kappa shape index (κ3) is 3.65. The van der Waals surface area contributed by atoms with Gasteiger partial charge in [0.2, 0.25) is 0 Å². The van der Waals surface area contributed by atoms with Gasteiger partial charge in [0.1, 0.15) is 0 Å². The lowest BCUT2D eigenvalue weighted by Gasteiger charge is -2.35. The maximum Gasteiger partial charge on any atom is 0.271 e. The van der Waals surface area contributed by atoms with Gasteiger partial charge < -0.3 is 0 Å². The molecule has 0 heterocycles. The zero-order valence-electron chi connectivity index (χ0n) is 12.1. The Morgan fingerprint density at radius 3 is 2.81 bits per heavy atom. The van der Waals surface area contributed by atoms with Crippen molar-refractivity contribution in [1.82, 2.24) is 5.43 Å². The van der Waals surface area contributed by atoms with Crippen molar-refractivity contribution < 1.29 is 4.79 Å². The molecule has 1 amide bonds. The second-order valence-corrected chi connectivity index (χ2v) is 6.61. The second-order valence-electron chi connectivity index (χ2n) is 6.18. The molecule has 112 valence electrons. The lowest BCUT2D eigenvalue weighted by molar-refractivity contribution is 0.0954. The molecule has 2 aliphatic carbocycles. The van der Waals surface area contributed by atoms with E-state index in [4.69, 9.17) is 11.6 Å². The van der Waals surface area contributed by atoms with E-state index in [1.54, 1.807) is 24.3 Å². The van der Waals surface area contributed by atoms with Gasteiger partial charge >= 0.3 is 0 Å². The van der Waals surface area contributed by atoms with Gasteiger partial charge in [-0.15, -0.1) is 0 Å². The molecule has 0 aliphatic heterocycles. The zero-order valence-corrected chi connectivity index (χ0v) is 12.9. The third-order valence-corrected chi connectivity index (χ3v) is 5.01. The summed E-state index contributed by atoms with van der Waals surface area (Å²) in [5.74, 6) is 1.49. The molecule has 0 spiro atoms. The Labute approximate surface area is 130 Å². The summed E-state index contributed by atoms with van der Waals surface area (Å²) in [6.45, 7) is 0. The van der Waals surface area contributed by atoms with Gasteiger partial charge in [0.15, 0.2) is 0 Å². The molecule has 3 nitrogen and oxygen atoms in total. The molecule has 1 aromatic carbocycles. The minimum absolute atomic E-state index is 0.184. The van der Waals surface area contributed by atoms with Crippen molar-refractivity contribution in [2.45, 2.75) is 44.9 Å². The molecule has 0 bridgehead atoms. The van der Waals surface area contributed by atoms with E-state index >= 15 is 0 Å². The highest BCUT2D eigenvalue weighted by Gasteiger charge is 2.30. The minimum atomic E-state index is -0.184. The number of halogens is 1. The summed E-state index contributed by atoms with van der Waals surface area (Å²) in [7, 11) is 0. The number of hydrogen-bond acceptors (Lipinski definition) is 2. The smallest absolute Gasteiger partial charge is 0.267 e. The fourth-order valence-electron chi connectivity index (χ4n) is 3.62. The first-order chi connectivity index (χ1) is 10.2. The second kappa shape index (κ2) is 6.61. The Bertz CT molecular complexity index is 555. The maximum atomic E-state index is 12.0. The van der Waals surface area contributed by atoms with Crippen molar-refractivity contribution in [2.75, 3.05) is 0 Å². The van der Waals surface area contributed by atoms with Crippen LogP contribution >= 0.6 is 11.6 Å². The van der Waals surface area contributed by atoms with Crippen LogP contribution in [0, 0.1) is 11.8 Å². The number of carbonyl (C=O) groups excluding carboxylic acids is 1. The SMILES string of the molecule is O=C(N/N=C1/CC[C@@H]2CCCC[C@@H]2C1)c1cccc(Cl)c1. The van der Waals surface area contributed by atoms with E-state index in [1.807, 2.05) is 0 Å². The number of rotatable bonds is 2. The standard InChI is InChI=1S/C17H21ClN2O/c18-15-7-3-6-14(10-15)17(21)20-19-16-9-8-12-4-1-2-5-13(12)11-16/h3,6-7,10,12-13H,1-2,4-5,8-9,11H2,(H,20,21)/b19-16-/t12-,13+/m0/s1. The first-order valence-corrected chi connectivity index (χ1v) is 8.21. The molecule has 2 atom stereocenters. The monoisotopic (exact) mass is 304 g/mol. The Morgan fingerprint density at radius 1 is 1.19 bits per heavy atom. The summed E-state index contributed by atoms with van der Waals surface area (Å²) in [4.78, 5) is 12.0. The predicted octanol–water partition coefficient (Wildman–Crippen LogP) is 4.42. The Hall–Kier alpha value is -1.35. The number of nitrogens with one attached hydrogen (secondary N) is 1. The zero-order chi connectivity index (χ0) is 14.7. The number of hydrogen-bond donors (Lipinski definition) is 1. The van der Waals surface area contributed by atoms with Crippen LogP contribution in [-0.4, -0.2) is 11.6 Å². The maximum absolute atomic E-state index is 12.0. The van der Waals surface area contributed by atoms with E-state index in [-0.39, 0.29) is 5.91 Å². The van der Waals surface area contributed by atoms with Crippen LogP contribution in [0.25, 0.3) is 0 Å². The van der Waals surface area contributed by atoms with Crippen molar-refractivity contribution >= 4 is 23.2 Å². The third-order valence-electron chi connectivity index (χ3n) is 4.77. The van der Waals surface area contributed by atoms with Gasteiger partial charge in [-0.3, -0.25) is 4.79 Å². The van der Waals surface area contributed by atoms with Gasteiger partial charge in [-0.1, -0.05) is 36.9 Å². The predicted molar refractivity (Wildman–Crippen MR) is 85.7 cm³/mol. The lowest BCUT2D eigenvalue weighted by atomic mass is 9.70. The van der Waals surface area contributed by atoms with Crippen molar-refractivity contribution in [3.8, 4) is 0 Å². The van der Waals surface area contributed by atoms with Crippen LogP contribution in [0.15, 0.2) is 29.4 Å². The molecular weight excluding hydrogens is 284 g/mol. The van der Waals surface area contributed by atoms with Gasteiger partial charge in [-0.25, -0.2) is 5.43 Å². The quantitative estimate of drug-likeness (QED) is 0.808. The molecular formula is C17H21ClN2O. The van der Waals surface area contributed by atoms with Gasteiger partial charge in [-0.05, 0) is 55.7 Å². The molecule has 0 radical (unpaired) electrons. The minimum Gasteiger partial charge on any atom is -0.267 e. The van der Waals surface area contributed by atoms with Crippen LogP contribution in [0.4, 0.5) is 0 Å². The van der Waals surface area contributed by atoms with Gasteiger partial charge in [-0.2, -0.15) is 5.10 Å². The van der Waals surface area contributed by atoms with Gasteiger partial charge in [0.05, 0.1) is 0 Å². The molecule has 0 saturated heterocycles. The molecule has 0 unspecified atom stereocenters. The van der Waals surface area contributed by atoms with Crippen LogP contribution in [0.5, 0.6) is 0 Å². The summed E-state index contributed by atoms with van der Waals surface area (Å²) < 4.78 is 0. The average molecular weight is 305 g/mol. The molecule has 2 saturated carbocycles. The largest absolute Gasteiger partial charge is 0.271 e. The number of hydrazone groups is 1. The number of carbonyl (C=O) groups is 1. The van der Waals surface area contributed by atoms with E-state index in [0.29, 0.717) is 10.6 Å². The Balaban J connectivity index is 1.60. The van der Waals surface area contributed by atoms with E-state index in [9.17, 15) is 4.79 Å². The van der Waals surface area contributed by atoms with Crippen molar-refractivity contribution in [3.63, 3.8) is 0 Å². The topological polar surface area (TPSA) is 41.5 Å². The highest BCUT2D eigenvalue weighted by molar-refractivity contribution is 6.30. The van der Waals surface area contributed by atoms with Gasteiger partial charge in [0.25, 0.3) is 5.91 Å². The molecule has 1 aromatic rings. The highest BCUT2D eigenvalue weighted by atomic mass is 35.5. The summed E-state index contributed by atoms with van der Waals surface area (Å²) in [5.41, 5.74) is 4.38. The van der Waals surface area contributed by atoms with Crippen molar-refractivity contribution in [3.05, 3.63) is 34.9 Å². The molecule has 0 aromatic heterocycles. The molecule has 2 aliphatic rings. The summed E-state index contributed by atoms with van der Waals surface area (Å²) in [6.07, 6.45) is 8.76. The van der Waals surface area contributed by atoms with E-state index in [2.05, 4.69) is 10.5 Å². The molecule has 21 heavy (non-hydrogen) atoms. The number of benzene rings is 1. The highest BCUT2D eigenvalue weighted by Crippen LogP contribution is 2.39. The Kier molecular flexibility index (Phi) is 4.59. The van der Waals surface area contributed by atoms with Crippen LogP contribution in [0.1, 0.15) is 55.3 Å². The fraction of sp³-hybridized carbons (Fsp3) is 0.529. The van der Waals surface area contributed by atoms with E-state index in [0.717, 1.165) is 30.4 Å². The molecule has 3 rings (SSSR count). The van der Waals surface area contributed by atoms with E-state index in [1.165, 1.54) is 32.1 Å². The first-order valence-electron chi connectivity index (χ1n) is 7.84.